The Balaban J connectivity index is 1.33. The molecular weight excluding hydrogens is 354 g/mol. The van der Waals surface area contributed by atoms with Crippen LogP contribution in [-0.2, 0) is 6.54 Å². The average molecular weight is 379 g/mol. The van der Waals surface area contributed by atoms with Gasteiger partial charge >= 0.3 is 0 Å². The Morgan fingerprint density at radius 3 is 2.61 bits per heavy atom. The van der Waals surface area contributed by atoms with Crippen LogP contribution in [0.25, 0.3) is 0 Å². The quantitative estimate of drug-likeness (QED) is 0.843. The molecule has 1 spiro atoms. The summed E-state index contributed by atoms with van der Waals surface area (Å²) in [7, 11) is 0. The van der Waals surface area contributed by atoms with Crippen molar-refractivity contribution in [2.45, 2.75) is 30.7 Å². The van der Waals surface area contributed by atoms with Crippen LogP contribution in [0.5, 0.6) is 0 Å². The van der Waals surface area contributed by atoms with E-state index < -0.39 is 0 Å². The largest absolute Gasteiger partial charge is 0.392 e. The van der Waals surface area contributed by atoms with E-state index in [4.69, 9.17) is 0 Å². The number of fused-ring (bicyclic) bond motifs is 2. The molecule has 5 heterocycles. The normalized spacial score (nSPS) is 26.8. The van der Waals surface area contributed by atoms with Gasteiger partial charge in [-0.15, -0.1) is 0 Å². The maximum atomic E-state index is 12.8. The number of likely N-dealkylation sites (tertiary alicyclic amines) is 1. The zero-order valence-electron chi connectivity index (χ0n) is 15.8. The molecule has 0 aliphatic carbocycles. The number of hydrogen-bond donors (Lipinski definition) is 1. The van der Waals surface area contributed by atoms with Crippen LogP contribution in [0.4, 0.5) is 0 Å². The third-order valence-corrected chi connectivity index (χ3v) is 6.28. The number of aromatic nitrogens is 2. The summed E-state index contributed by atoms with van der Waals surface area (Å²) in [6, 6.07) is 8.04. The molecule has 0 bridgehead atoms. The number of carbonyl (C=O) groups excluding carboxylic acids is 1. The number of hydrogen-bond acceptors (Lipinski definition) is 6. The topological polar surface area (TPSA) is 72.8 Å². The molecule has 2 atom stereocenters. The third kappa shape index (κ3) is 3.09. The summed E-state index contributed by atoms with van der Waals surface area (Å²) in [5.74, 6) is 0.0411. The Kier molecular flexibility index (Phi) is 4.38. The minimum absolute atomic E-state index is 0.0411. The van der Waals surface area contributed by atoms with Crippen molar-refractivity contribution in [1.82, 2.24) is 24.7 Å². The van der Waals surface area contributed by atoms with Crippen molar-refractivity contribution < 1.29 is 9.90 Å². The van der Waals surface area contributed by atoms with E-state index in [2.05, 4.69) is 25.8 Å². The van der Waals surface area contributed by atoms with E-state index in [1.165, 1.54) is 5.56 Å². The van der Waals surface area contributed by atoms with Crippen LogP contribution < -0.4 is 0 Å². The van der Waals surface area contributed by atoms with Crippen LogP contribution in [0.2, 0.25) is 0 Å². The third-order valence-electron chi connectivity index (χ3n) is 6.28. The first-order chi connectivity index (χ1) is 13.6. The Labute approximate surface area is 164 Å². The van der Waals surface area contributed by atoms with E-state index in [9.17, 15) is 9.90 Å². The number of aliphatic hydroxyl groups is 1. The summed E-state index contributed by atoms with van der Waals surface area (Å²) in [5.41, 5.74) is 1.77. The molecule has 3 aliphatic heterocycles. The van der Waals surface area contributed by atoms with Crippen molar-refractivity contribution in [2.24, 2.45) is 0 Å². The van der Waals surface area contributed by atoms with Crippen LogP contribution in [0.1, 0.15) is 22.3 Å². The van der Waals surface area contributed by atoms with E-state index in [1.807, 2.05) is 23.2 Å². The lowest BCUT2D eigenvalue weighted by Crippen LogP contribution is -2.78. The van der Waals surface area contributed by atoms with Gasteiger partial charge in [-0.05, 0) is 30.2 Å². The SMILES string of the molecule is O=C(c1cccnc1)N1CC2(CN(Cc3cccnc3)CC3CC(O)CN32)C1. The van der Waals surface area contributed by atoms with Gasteiger partial charge in [0.1, 0.15) is 0 Å². The summed E-state index contributed by atoms with van der Waals surface area (Å²) in [5, 5.41) is 10.3. The van der Waals surface area contributed by atoms with Crippen LogP contribution in [0.3, 0.4) is 0 Å². The molecule has 0 saturated carbocycles. The van der Waals surface area contributed by atoms with Crippen molar-refractivity contribution in [1.29, 1.82) is 0 Å². The molecule has 3 saturated heterocycles. The molecule has 2 unspecified atom stereocenters. The standard InChI is InChI=1S/C21H25N5O2/c27-19-7-18-11-24(10-16-3-1-5-22-8-16)13-21(26(18)12-19)14-25(15-21)20(28)17-4-2-6-23-9-17/h1-6,8-9,18-19,27H,7,10-15H2. The minimum atomic E-state index is -0.275. The molecule has 7 heteroatoms. The molecule has 2 aromatic rings. The Bertz CT molecular complexity index is 840. The fourth-order valence-corrected chi connectivity index (χ4v) is 5.15. The highest BCUT2D eigenvalue weighted by Crippen LogP contribution is 2.39. The maximum absolute atomic E-state index is 12.8. The average Bonchev–Trinajstić information content (AvgIpc) is 3.07. The number of aliphatic hydroxyl groups excluding tert-OH is 1. The van der Waals surface area contributed by atoms with E-state index in [0.717, 1.165) is 26.1 Å². The predicted molar refractivity (Wildman–Crippen MR) is 104 cm³/mol. The first-order valence-corrected chi connectivity index (χ1v) is 9.88. The molecule has 0 radical (unpaired) electrons. The highest BCUT2D eigenvalue weighted by Gasteiger charge is 2.57. The second-order valence-electron chi connectivity index (χ2n) is 8.35. The zero-order valence-corrected chi connectivity index (χ0v) is 15.8. The lowest BCUT2D eigenvalue weighted by molar-refractivity contribution is -0.102. The number of amides is 1. The number of rotatable bonds is 3. The van der Waals surface area contributed by atoms with Crippen molar-refractivity contribution >= 4 is 5.91 Å². The van der Waals surface area contributed by atoms with Gasteiger partial charge in [0.25, 0.3) is 5.91 Å². The summed E-state index contributed by atoms with van der Waals surface area (Å²) in [4.78, 5) is 27.9. The van der Waals surface area contributed by atoms with Gasteiger partial charge in [0.05, 0.1) is 17.2 Å². The van der Waals surface area contributed by atoms with Crippen molar-refractivity contribution in [3.05, 3.63) is 60.2 Å². The van der Waals surface area contributed by atoms with Crippen LogP contribution >= 0.6 is 0 Å². The number of piperazine rings is 1. The lowest BCUT2D eigenvalue weighted by atomic mass is 9.83. The molecule has 2 aromatic heterocycles. The van der Waals surface area contributed by atoms with Crippen LogP contribution in [0, 0.1) is 0 Å². The molecule has 146 valence electrons. The summed E-state index contributed by atoms with van der Waals surface area (Å²) in [6.07, 6.45) is 7.56. The predicted octanol–water partition coefficient (Wildman–Crippen LogP) is 0.622. The van der Waals surface area contributed by atoms with E-state index in [0.29, 0.717) is 31.2 Å². The van der Waals surface area contributed by atoms with Gasteiger partial charge < -0.3 is 10.0 Å². The fourth-order valence-electron chi connectivity index (χ4n) is 5.15. The molecular formula is C21H25N5O2. The number of β-amino-alcohol motifs (C(OH)–C–C–N with tert-alkyl or cyclic N) is 1. The van der Waals surface area contributed by atoms with Gasteiger partial charge in [0.2, 0.25) is 0 Å². The lowest BCUT2D eigenvalue weighted by Gasteiger charge is -2.61. The van der Waals surface area contributed by atoms with Crippen LogP contribution in [-0.4, -0.2) is 86.1 Å². The molecule has 0 aromatic carbocycles. The number of pyridine rings is 2. The van der Waals surface area contributed by atoms with Gasteiger partial charge in [-0.1, -0.05) is 6.07 Å². The fraction of sp³-hybridized carbons (Fsp3) is 0.476. The Morgan fingerprint density at radius 2 is 1.89 bits per heavy atom. The van der Waals surface area contributed by atoms with E-state index >= 15 is 0 Å². The molecule has 1 amide bonds. The zero-order chi connectivity index (χ0) is 19.1. The van der Waals surface area contributed by atoms with Crippen molar-refractivity contribution in [2.75, 3.05) is 32.7 Å². The van der Waals surface area contributed by atoms with Gasteiger partial charge in [0.15, 0.2) is 0 Å². The van der Waals surface area contributed by atoms with Crippen molar-refractivity contribution in [3.63, 3.8) is 0 Å². The highest BCUT2D eigenvalue weighted by atomic mass is 16.3. The summed E-state index contributed by atoms with van der Waals surface area (Å²) >= 11 is 0. The molecule has 28 heavy (non-hydrogen) atoms. The first-order valence-electron chi connectivity index (χ1n) is 9.88. The summed E-state index contributed by atoms with van der Waals surface area (Å²) in [6.45, 7) is 4.82. The summed E-state index contributed by atoms with van der Waals surface area (Å²) < 4.78 is 0. The van der Waals surface area contributed by atoms with Gasteiger partial charge in [-0.25, -0.2) is 0 Å². The maximum Gasteiger partial charge on any atom is 0.255 e. The molecule has 7 nitrogen and oxygen atoms in total. The molecule has 5 rings (SSSR count). The molecule has 3 fully saturated rings. The molecule has 3 aliphatic rings. The monoisotopic (exact) mass is 379 g/mol. The van der Waals surface area contributed by atoms with Gasteiger partial charge in [0, 0.05) is 70.1 Å². The van der Waals surface area contributed by atoms with Crippen molar-refractivity contribution in [3.8, 4) is 0 Å². The van der Waals surface area contributed by atoms with Gasteiger partial charge in [-0.2, -0.15) is 0 Å². The Hall–Kier alpha value is -2.35. The minimum Gasteiger partial charge on any atom is -0.392 e. The number of nitrogens with zero attached hydrogens (tertiary/aromatic N) is 5. The van der Waals surface area contributed by atoms with Crippen LogP contribution in [0.15, 0.2) is 49.1 Å². The second-order valence-corrected chi connectivity index (χ2v) is 8.35. The van der Waals surface area contributed by atoms with E-state index in [-0.39, 0.29) is 17.6 Å². The smallest absolute Gasteiger partial charge is 0.255 e. The second kappa shape index (κ2) is 6.92. The Morgan fingerprint density at radius 1 is 1.11 bits per heavy atom. The number of carbonyl (C=O) groups is 1. The van der Waals surface area contributed by atoms with Gasteiger partial charge in [-0.3, -0.25) is 24.6 Å². The molecule has 1 N–H and O–H groups in total. The van der Waals surface area contributed by atoms with E-state index in [1.54, 1.807) is 24.7 Å². The first kappa shape index (κ1) is 17.7. The highest BCUT2D eigenvalue weighted by molar-refractivity contribution is 5.94.